The van der Waals surface area contributed by atoms with E-state index >= 15 is 0 Å². The van der Waals surface area contributed by atoms with Crippen LogP contribution in [0.25, 0.3) is 0 Å². The van der Waals surface area contributed by atoms with Crippen molar-refractivity contribution in [1.29, 1.82) is 0 Å². The van der Waals surface area contributed by atoms with E-state index in [0.717, 1.165) is 42.0 Å². The summed E-state index contributed by atoms with van der Waals surface area (Å²) in [6.45, 7) is 4.58. The molecule has 3 aliphatic rings. The zero-order chi connectivity index (χ0) is 18.3. The molecule has 2 saturated carbocycles. The van der Waals surface area contributed by atoms with Crippen LogP contribution in [-0.2, 0) is 10.1 Å². The third-order valence-corrected chi connectivity index (χ3v) is 7.93. The number of rotatable bonds is 4. The third kappa shape index (κ3) is 3.87. The van der Waals surface area contributed by atoms with Gasteiger partial charge in [0, 0.05) is 42.7 Å². The molecule has 26 heavy (non-hydrogen) atoms. The molecule has 1 saturated heterocycles. The van der Waals surface area contributed by atoms with E-state index in [9.17, 15) is 13.0 Å². The zero-order valence-electron chi connectivity index (χ0n) is 15.0. The molecule has 0 bridgehead atoms. The van der Waals surface area contributed by atoms with Crippen molar-refractivity contribution in [3.63, 3.8) is 0 Å². The first-order chi connectivity index (χ1) is 12.4. The van der Waals surface area contributed by atoms with Crippen molar-refractivity contribution in [3.8, 4) is 0 Å². The summed E-state index contributed by atoms with van der Waals surface area (Å²) in [5, 5.41) is 0. The van der Waals surface area contributed by atoms with Gasteiger partial charge in [-0.3, -0.25) is 14.4 Å². The quantitative estimate of drug-likeness (QED) is 0.722. The average Bonchev–Trinajstić information content (AvgIpc) is 3.07. The molecule has 0 aromatic heterocycles. The smallest absolute Gasteiger partial charge is 0.294 e. The lowest BCUT2D eigenvalue weighted by atomic mass is 9.75. The number of hydrogen-bond acceptors (Lipinski definition) is 4. The van der Waals surface area contributed by atoms with Crippen LogP contribution in [0.1, 0.15) is 50.0 Å². The largest absolute Gasteiger partial charge is 0.298 e. The first-order valence-electron chi connectivity index (χ1n) is 9.67. The highest BCUT2D eigenvalue weighted by Gasteiger charge is 2.38. The summed E-state index contributed by atoms with van der Waals surface area (Å²) in [6, 6.07) is 6.37. The van der Waals surface area contributed by atoms with Crippen molar-refractivity contribution in [3.05, 3.63) is 28.2 Å². The molecule has 1 heterocycles. The fourth-order valence-electron chi connectivity index (χ4n) is 4.95. The van der Waals surface area contributed by atoms with Gasteiger partial charge in [0.2, 0.25) is 0 Å². The Bertz CT molecular complexity index is 750. The molecule has 7 heteroatoms. The van der Waals surface area contributed by atoms with Gasteiger partial charge in [0.25, 0.3) is 10.1 Å². The van der Waals surface area contributed by atoms with Crippen LogP contribution in [0.4, 0.5) is 0 Å². The second-order valence-corrected chi connectivity index (χ2v) is 10.3. The Labute approximate surface area is 164 Å². The van der Waals surface area contributed by atoms with Gasteiger partial charge in [-0.05, 0) is 55.4 Å². The lowest BCUT2D eigenvalue weighted by Crippen LogP contribution is -2.55. The SMILES string of the molecule is O=S(=O)(O)c1ccc(Br)cc1C1CC(N2CCN(C3CCCC3)CC2)C1. The summed E-state index contributed by atoms with van der Waals surface area (Å²) >= 11 is 3.42. The highest BCUT2D eigenvalue weighted by atomic mass is 79.9. The minimum Gasteiger partial charge on any atom is -0.298 e. The summed E-state index contributed by atoms with van der Waals surface area (Å²) in [6.07, 6.45) is 7.46. The van der Waals surface area contributed by atoms with Crippen LogP contribution in [0, 0.1) is 0 Å². The minimum absolute atomic E-state index is 0.0650. The fraction of sp³-hybridized carbons (Fsp3) is 0.684. The van der Waals surface area contributed by atoms with Crippen molar-refractivity contribution < 1.29 is 13.0 Å². The second-order valence-electron chi connectivity index (χ2n) is 7.99. The van der Waals surface area contributed by atoms with Crippen LogP contribution in [-0.4, -0.2) is 61.0 Å². The topological polar surface area (TPSA) is 60.9 Å². The van der Waals surface area contributed by atoms with Gasteiger partial charge in [0.15, 0.2) is 0 Å². The molecule has 1 N–H and O–H groups in total. The van der Waals surface area contributed by atoms with Gasteiger partial charge < -0.3 is 0 Å². The molecule has 0 atom stereocenters. The van der Waals surface area contributed by atoms with Crippen LogP contribution < -0.4 is 0 Å². The van der Waals surface area contributed by atoms with E-state index in [1.54, 1.807) is 6.07 Å². The summed E-state index contributed by atoms with van der Waals surface area (Å²) < 4.78 is 33.7. The molecule has 1 aromatic carbocycles. The Balaban J connectivity index is 1.36. The highest BCUT2D eigenvalue weighted by Crippen LogP contribution is 2.43. The maximum atomic E-state index is 11.7. The highest BCUT2D eigenvalue weighted by molar-refractivity contribution is 9.10. The van der Waals surface area contributed by atoms with Crippen molar-refractivity contribution in [2.45, 2.75) is 61.4 Å². The van der Waals surface area contributed by atoms with Gasteiger partial charge in [-0.2, -0.15) is 8.42 Å². The molecule has 0 radical (unpaired) electrons. The van der Waals surface area contributed by atoms with Crippen molar-refractivity contribution in [2.24, 2.45) is 0 Å². The van der Waals surface area contributed by atoms with Crippen LogP contribution >= 0.6 is 15.9 Å². The van der Waals surface area contributed by atoms with E-state index in [2.05, 4.69) is 25.7 Å². The lowest BCUT2D eigenvalue weighted by molar-refractivity contribution is 0.0353. The summed E-state index contributed by atoms with van der Waals surface area (Å²) in [7, 11) is -4.17. The number of hydrogen-bond donors (Lipinski definition) is 1. The van der Waals surface area contributed by atoms with E-state index in [-0.39, 0.29) is 10.8 Å². The van der Waals surface area contributed by atoms with Gasteiger partial charge in [-0.25, -0.2) is 0 Å². The standard InChI is InChI=1S/C19H27BrN2O3S/c20-15-5-6-19(26(23,24)25)18(13-15)14-11-17(12-14)22-9-7-21(8-10-22)16-3-1-2-4-16/h5-6,13-14,16-17H,1-4,7-12H2,(H,23,24,25). The molecular weight excluding hydrogens is 416 g/mol. The summed E-state index contributed by atoms with van der Waals surface area (Å²) in [5.41, 5.74) is 0.753. The molecule has 0 amide bonds. The van der Waals surface area contributed by atoms with E-state index in [0.29, 0.717) is 6.04 Å². The predicted octanol–water partition coefficient (Wildman–Crippen LogP) is 3.50. The van der Waals surface area contributed by atoms with Crippen molar-refractivity contribution >= 4 is 26.0 Å². The predicted molar refractivity (Wildman–Crippen MR) is 105 cm³/mol. The van der Waals surface area contributed by atoms with E-state index in [1.807, 2.05) is 6.07 Å². The van der Waals surface area contributed by atoms with Crippen molar-refractivity contribution in [1.82, 2.24) is 9.80 Å². The van der Waals surface area contributed by atoms with Crippen LogP contribution in [0.5, 0.6) is 0 Å². The minimum atomic E-state index is -4.17. The Hall–Kier alpha value is -0.470. The molecule has 144 valence electrons. The van der Waals surface area contributed by atoms with Gasteiger partial charge in [0.05, 0.1) is 4.90 Å². The Morgan fingerprint density at radius 1 is 0.962 bits per heavy atom. The van der Waals surface area contributed by atoms with Crippen LogP contribution in [0.3, 0.4) is 0 Å². The number of piperazine rings is 1. The number of nitrogens with zero attached hydrogens (tertiary/aromatic N) is 2. The van der Waals surface area contributed by atoms with Crippen molar-refractivity contribution in [2.75, 3.05) is 26.2 Å². The third-order valence-electron chi connectivity index (χ3n) is 6.51. The lowest BCUT2D eigenvalue weighted by Gasteiger charge is -2.47. The van der Waals surface area contributed by atoms with Gasteiger partial charge >= 0.3 is 0 Å². The molecule has 3 fully saturated rings. The normalized spacial score (nSPS) is 29.0. The fourth-order valence-corrected chi connectivity index (χ4v) is 6.09. The molecule has 1 aromatic rings. The Morgan fingerprint density at radius 2 is 1.54 bits per heavy atom. The van der Waals surface area contributed by atoms with Gasteiger partial charge in [-0.15, -0.1) is 0 Å². The monoisotopic (exact) mass is 442 g/mol. The molecular formula is C19H27BrN2O3S. The molecule has 5 nitrogen and oxygen atoms in total. The molecule has 1 aliphatic heterocycles. The average molecular weight is 443 g/mol. The zero-order valence-corrected chi connectivity index (χ0v) is 17.4. The Morgan fingerprint density at radius 3 is 2.12 bits per heavy atom. The van der Waals surface area contributed by atoms with E-state index in [4.69, 9.17) is 0 Å². The van der Waals surface area contributed by atoms with E-state index in [1.165, 1.54) is 44.8 Å². The Kier molecular flexibility index (Phi) is 5.45. The summed E-state index contributed by atoms with van der Waals surface area (Å²) in [4.78, 5) is 5.31. The number of benzene rings is 1. The molecule has 0 unspecified atom stereocenters. The first kappa shape index (κ1) is 18.9. The summed E-state index contributed by atoms with van der Waals surface area (Å²) in [5.74, 6) is 0.210. The van der Waals surface area contributed by atoms with Crippen LogP contribution in [0.15, 0.2) is 27.6 Å². The van der Waals surface area contributed by atoms with E-state index < -0.39 is 10.1 Å². The van der Waals surface area contributed by atoms with Gasteiger partial charge in [-0.1, -0.05) is 28.8 Å². The second kappa shape index (κ2) is 7.51. The molecule has 0 spiro atoms. The maximum absolute atomic E-state index is 11.7. The number of halogens is 1. The first-order valence-corrected chi connectivity index (χ1v) is 11.9. The van der Waals surface area contributed by atoms with Crippen LogP contribution in [0.2, 0.25) is 0 Å². The molecule has 4 rings (SSSR count). The maximum Gasteiger partial charge on any atom is 0.294 e. The molecule has 2 aliphatic carbocycles. The van der Waals surface area contributed by atoms with Gasteiger partial charge in [0.1, 0.15) is 0 Å².